The number of nitrogens with one attached hydrogen (secondary N) is 1. The van der Waals surface area contributed by atoms with Crippen molar-refractivity contribution in [2.24, 2.45) is 0 Å². The van der Waals surface area contributed by atoms with Gasteiger partial charge in [-0.25, -0.2) is 4.98 Å². The van der Waals surface area contributed by atoms with Gasteiger partial charge in [-0.05, 0) is 44.4 Å². The molecule has 124 valence electrons. The third kappa shape index (κ3) is 4.58. The van der Waals surface area contributed by atoms with E-state index in [0.29, 0.717) is 6.54 Å². The monoisotopic (exact) mass is 315 g/mol. The van der Waals surface area contributed by atoms with Crippen LogP contribution in [-0.2, 0) is 16.8 Å². The van der Waals surface area contributed by atoms with Crippen molar-refractivity contribution in [2.75, 3.05) is 13.7 Å². The second kappa shape index (κ2) is 7.81. The fourth-order valence-electron chi connectivity index (χ4n) is 2.40. The van der Waals surface area contributed by atoms with Gasteiger partial charge in [0, 0.05) is 25.5 Å². The maximum atomic E-state index is 12.5. The highest BCUT2D eigenvalue weighted by Gasteiger charge is 2.29. The highest BCUT2D eigenvalue weighted by Crippen LogP contribution is 2.25. The van der Waals surface area contributed by atoms with E-state index in [1.807, 2.05) is 55.2 Å². The number of carbonyl (C=O) groups excluding carboxylic acids is 1. The van der Waals surface area contributed by atoms with Gasteiger partial charge in [0.25, 0.3) is 0 Å². The Kier molecular flexibility index (Phi) is 5.79. The molecule has 0 bridgehead atoms. The van der Waals surface area contributed by atoms with E-state index in [4.69, 9.17) is 4.74 Å². The van der Waals surface area contributed by atoms with E-state index in [9.17, 15) is 4.79 Å². The Morgan fingerprint density at radius 1 is 1.26 bits per heavy atom. The number of nitrogens with zero attached hydrogens (tertiary/aromatic N) is 2. The number of benzene rings is 1. The van der Waals surface area contributed by atoms with Crippen molar-refractivity contribution in [2.45, 2.75) is 38.6 Å². The molecule has 1 amide bonds. The van der Waals surface area contributed by atoms with Gasteiger partial charge in [-0.2, -0.15) is 0 Å². The van der Waals surface area contributed by atoms with Crippen LogP contribution in [0, 0.1) is 0 Å². The van der Waals surface area contributed by atoms with Crippen molar-refractivity contribution in [3.8, 4) is 5.75 Å². The van der Waals surface area contributed by atoms with Crippen LogP contribution in [0.5, 0.6) is 5.75 Å². The quantitative estimate of drug-likeness (QED) is 0.762. The molecule has 1 aromatic carbocycles. The van der Waals surface area contributed by atoms with E-state index in [0.717, 1.165) is 30.7 Å². The SMILES string of the molecule is COc1ccc(C(C)(C)C(=O)NCCCCn2ccnc2)cc1. The minimum Gasteiger partial charge on any atom is -0.497 e. The number of ether oxygens (including phenoxy) is 1. The maximum absolute atomic E-state index is 12.5. The van der Waals surface area contributed by atoms with Crippen LogP contribution in [-0.4, -0.2) is 29.1 Å². The molecule has 1 heterocycles. The Bertz CT molecular complexity index is 604. The van der Waals surface area contributed by atoms with Crippen molar-refractivity contribution in [1.29, 1.82) is 0 Å². The highest BCUT2D eigenvalue weighted by molar-refractivity contribution is 5.87. The lowest BCUT2D eigenvalue weighted by Crippen LogP contribution is -2.40. The van der Waals surface area contributed by atoms with Crippen molar-refractivity contribution < 1.29 is 9.53 Å². The summed E-state index contributed by atoms with van der Waals surface area (Å²) in [6.07, 6.45) is 7.50. The van der Waals surface area contributed by atoms with E-state index in [1.165, 1.54) is 0 Å². The summed E-state index contributed by atoms with van der Waals surface area (Å²) in [7, 11) is 1.64. The molecule has 5 heteroatoms. The number of unbranched alkanes of at least 4 members (excludes halogenated alkanes) is 1. The molecule has 0 atom stereocenters. The number of aryl methyl sites for hydroxylation is 1. The zero-order chi connectivity index (χ0) is 16.7. The molecule has 2 rings (SSSR count). The zero-order valence-electron chi connectivity index (χ0n) is 14.1. The summed E-state index contributed by atoms with van der Waals surface area (Å²) in [6, 6.07) is 7.65. The van der Waals surface area contributed by atoms with Crippen LogP contribution in [0.1, 0.15) is 32.3 Å². The number of rotatable bonds is 8. The summed E-state index contributed by atoms with van der Waals surface area (Å²) in [5.41, 5.74) is 0.422. The summed E-state index contributed by atoms with van der Waals surface area (Å²) in [4.78, 5) is 16.5. The molecule has 0 radical (unpaired) electrons. The van der Waals surface area contributed by atoms with E-state index in [2.05, 4.69) is 10.3 Å². The summed E-state index contributed by atoms with van der Waals surface area (Å²) in [5.74, 6) is 0.842. The van der Waals surface area contributed by atoms with Gasteiger partial charge in [0.15, 0.2) is 0 Å². The number of hydrogen-bond acceptors (Lipinski definition) is 3. The first-order chi connectivity index (χ1) is 11.0. The fraction of sp³-hybridized carbons (Fsp3) is 0.444. The van der Waals surface area contributed by atoms with Crippen LogP contribution in [0.25, 0.3) is 0 Å². The molecule has 0 saturated heterocycles. The molecule has 0 saturated carbocycles. The normalized spacial score (nSPS) is 11.3. The summed E-state index contributed by atoms with van der Waals surface area (Å²) < 4.78 is 7.20. The predicted octanol–water partition coefficient (Wildman–Crippen LogP) is 2.77. The van der Waals surface area contributed by atoms with E-state index < -0.39 is 5.41 Å². The maximum Gasteiger partial charge on any atom is 0.230 e. The van der Waals surface area contributed by atoms with Crippen molar-refractivity contribution >= 4 is 5.91 Å². The Hall–Kier alpha value is -2.30. The molecule has 2 aromatic rings. The highest BCUT2D eigenvalue weighted by atomic mass is 16.5. The molecule has 0 aliphatic heterocycles. The van der Waals surface area contributed by atoms with E-state index in [-0.39, 0.29) is 5.91 Å². The van der Waals surface area contributed by atoms with Crippen molar-refractivity contribution in [3.05, 3.63) is 48.5 Å². The smallest absolute Gasteiger partial charge is 0.230 e. The molecular weight excluding hydrogens is 290 g/mol. The number of carbonyl (C=O) groups is 1. The zero-order valence-corrected chi connectivity index (χ0v) is 14.1. The summed E-state index contributed by atoms with van der Waals surface area (Å²) >= 11 is 0. The Balaban J connectivity index is 1.78. The van der Waals surface area contributed by atoms with Gasteiger partial charge in [0.1, 0.15) is 5.75 Å². The van der Waals surface area contributed by atoms with Gasteiger partial charge < -0.3 is 14.6 Å². The number of methoxy groups -OCH3 is 1. The third-order valence-electron chi connectivity index (χ3n) is 4.07. The second-order valence-electron chi connectivity index (χ2n) is 6.12. The van der Waals surface area contributed by atoms with Crippen molar-refractivity contribution in [3.63, 3.8) is 0 Å². The molecule has 1 aromatic heterocycles. The van der Waals surface area contributed by atoms with Gasteiger partial charge in [0.2, 0.25) is 5.91 Å². The first-order valence-electron chi connectivity index (χ1n) is 7.92. The van der Waals surface area contributed by atoms with Crippen LogP contribution in [0.3, 0.4) is 0 Å². The topological polar surface area (TPSA) is 56.1 Å². The number of imidazole rings is 1. The number of aromatic nitrogens is 2. The molecule has 0 aliphatic rings. The standard InChI is InChI=1S/C18H25N3O2/c1-18(2,15-6-8-16(23-3)9-7-15)17(22)20-10-4-5-12-21-13-11-19-14-21/h6-9,11,13-14H,4-5,10,12H2,1-3H3,(H,20,22). The van der Waals surface area contributed by atoms with Crippen LogP contribution in [0.4, 0.5) is 0 Å². The molecule has 1 N–H and O–H groups in total. The Labute approximate surface area is 137 Å². The van der Waals surface area contributed by atoms with E-state index >= 15 is 0 Å². The molecule has 23 heavy (non-hydrogen) atoms. The Morgan fingerprint density at radius 2 is 2.00 bits per heavy atom. The lowest BCUT2D eigenvalue weighted by atomic mass is 9.83. The fourth-order valence-corrected chi connectivity index (χ4v) is 2.40. The van der Waals surface area contributed by atoms with Crippen LogP contribution in [0.15, 0.2) is 43.0 Å². The Morgan fingerprint density at radius 3 is 2.61 bits per heavy atom. The van der Waals surface area contributed by atoms with Gasteiger partial charge >= 0.3 is 0 Å². The molecule has 0 unspecified atom stereocenters. The van der Waals surface area contributed by atoms with Gasteiger partial charge in [-0.15, -0.1) is 0 Å². The molecule has 0 aliphatic carbocycles. The van der Waals surface area contributed by atoms with Gasteiger partial charge in [-0.1, -0.05) is 12.1 Å². The van der Waals surface area contributed by atoms with Gasteiger partial charge in [-0.3, -0.25) is 4.79 Å². The second-order valence-corrected chi connectivity index (χ2v) is 6.12. The predicted molar refractivity (Wildman–Crippen MR) is 90.5 cm³/mol. The number of amides is 1. The first kappa shape index (κ1) is 17.1. The average Bonchev–Trinajstić information content (AvgIpc) is 3.07. The minimum absolute atomic E-state index is 0.0466. The molecule has 0 fully saturated rings. The minimum atomic E-state index is -0.559. The van der Waals surface area contributed by atoms with Crippen molar-refractivity contribution in [1.82, 2.24) is 14.9 Å². The van der Waals surface area contributed by atoms with Crippen LogP contribution >= 0.6 is 0 Å². The summed E-state index contributed by atoms with van der Waals surface area (Å²) in [5, 5.41) is 3.04. The van der Waals surface area contributed by atoms with Gasteiger partial charge in [0.05, 0.1) is 18.9 Å². The molecule has 5 nitrogen and oxygen atoms in total. The lowest BCUT2D eigenvalue weighted by molar-refractivity contribution is -0.125. The molecular formula is C18H25N3O2. The van der Waals surface area contributed by atoms with Crippen LogP contribution in [0.2, 0.25) is 0 Å². The first-order valence-corrected chi connectivity index (χ1v) is 7.92. The largest absolute Gasteiger partial charge is 0.497 e. The third-order valence-corrected chi connectivity index (χ3v) is 4.07. The average molecular weight is 315 g/mol. The van der Waals surface area contributed by atoms with Crippen LogP contribution < -0.4 is 10.1 Å². The summed E-state index contributed by atoms with van der Waals surface area (Å²) in [6.45, 7) is 5.50. The van der Waals surface area contributed by atoms with E-state index in [1.54, 1.807) is 13.3 Å². The molecule has 0 spiro atoms. The number of hydrogen-bond donors (Lipinski definition) is 1. The lowest BCUT2D eigenvalue weighted by Gasteiger charge is -2.24.